The zero-order valence-electron chi connectivity index (χ0n) is 7.53. The highest BCUT2D eigenvalue weighted by molar-refractivity contribution is 8.00. The van der Waals surface area contributed by atoms with Crippen molar-refractivity contribution in [2.24, 2.45) is 0 Å². The largest absolute Gasteiger partial charge is 0.478 e. The van der Waals surface area contributed by atoms with Gasteiger partial charge in [0.2, 0.25) is 5.50 Å². The average molecular weight is 215 g/mol. The number of hydrogen-bond acceptors (Lipinski definition) is 3. The molecule has 1 rings (SSSR count). The first-order chi connectivity index (χ1) is 6.50. The van der Waals surface area contributed by atoms with E-state index in [9.17, 15) is 9.18 Å². The first-order valence-electron chi connectivity index (χ1n) is 3.90. The molecule has 0 aliphatic heterocycles. The van der Waals surface area contributed by atoms with E-state index in [1.165, 1.54) is 0 Å². The number of carbonyl (C=O) groups is 1. The lowest BCUT2D eigenvalue weighted by molar-refractivity contribution is -0.139. The Hall–Kier alpha value is -1.23. The normalized spacial score (nSPS) is 12.4. The van der Waals surface area contributed by atoms with Crippen LogP contribution in [0.4, 0.5) is 10.1 Å². The van der Waals surface area contributed by atoms with Gasteiger partial charge >= 0.3 is 5.97 Å². The van der Waals surface area contributed by atoms with Crippen LogP contribution >= 0.6 is 11.8 Å². The molecule has 0 heterocycles. The molecule has 1 atom stereocenters. The smallest absolute Gasteiger partial charge is 0.349 e. The van der Waals surface area contributed by atoms with Crippen molar-refractivity contribution in [1.29, 1.82) is 0 Å². The number of alkyl halides is 1. The molecule has 0 amide bonds. The molecule has 0 saturated carbocycles. The van der Waals surface area contributed by atoms with Crippen molar-refractivity contribution in [3.63, 3.8) is 0 Å². The molecule has 1 unspecified atom stereocenters. The molecule has 0 aromatic heterocycles. The second kappa shape index (κ2) is 4.32. The summed E-state index contributed by atoms with van der Waals surface area (Å²) in [5.41, 5.74) is 4.89. The van der Waals surface area contributed by atoms with Crippen molar-refractivity contribution in [2.75, 3.05) is 5.73 Å². The number of benzene rings is 1. The number of hydrogen-bond donors (Lipinski definition) is 2. The molecular weight excluding hydrogens is 205 g/mol. The van der Waals surface area contributed by atoms with Crippen LogP contribution < -0.4 is 5.73 Å². The highest BCUT2D eigenvalue weighted by Gasteiger charge is 2.18. The van der Waals surface area contributed by atoms with Gasteiger partial charge in [-0.25, -0.2) is 9.18 Å². The lowest BCUT2D eigenvalue weighted by Crippen LogP contribution is -2.09. The average Bonchev–Trinajstić information content (AvgIpc) is 2.11. The van der Waals surface area contributed by atoms with Crippen LogP contribution in [-0.4, -0.2) is 16.6 Å². The third-order valence-electron chi connectivity index (χ3n) is 1.59. The van der Waals surface area contributed by atoms with E-state index in [1.807, 2.05) is 6.92 Å². The molecule has 1 aromatic carbocycles. The van der Waals surface area contributed by atoms with Crippen molar-refractivity contribution in [1.82, 2.24) is 0 Å². The summed E-state index contributed by atoms with van der Waals surface area (Å²) in [5.74, 6) is -1.49. The summed E-state index contributed by atoms with van der Waals surface area (Å²) in [4.78, 5) is 10.7. The van der Waals surface area contributed by atoms with Crippen molar-refractivity contribution in [3.8, 4) is 0 Å². The molecule has 0 radical (unpaired) electrons. The van der Waals surface area contributed by atoms with Gasteiger partial charge in [0.05, 0.1) is 0 Å². The van der Waals surface area contributed by atoms with Crippen molar-refractivity contribution >= 4 is 23.4 Å². The highest BCUT2D eigenvalue weighted by atomic mass is 32.2. The van der Waals surface area contributed by atoms with Crippen molar-refractivity contribution in [2.45, 2.75) is 17.3 Å². The van der Waals surface area contributed by atoms with Crippen LogP contribution in [0.25, 0.3) is 0 Å². The Morgan fingerprint density at radius 3 is 2.86 bits per heavy atom. The van der Waals surface area contributed by atoms with Gasteiger partial charge in [-0.3, -0.25) is 0 Å². The first-order valence-corrected chi connectivity index (χ1v) is 4.78. The SMILES string of the molecule is Cc1ccc(N)c(SC(F)C(=O)O)c1. The Bertz CT molecular complexity index is 357. The van der Waals surface area contributed by atoms with E-state index >= 15 is 0 Å². The van der Waals surface area contributed by atoms with E-state index < -0.39 is 11.5 Å². The zero-order chi connectivity index (χ0) is 10.7. The summed E-state index contributed by atoms with van der Waals surface area (Å²) in [5, 5.41) is 8.37. The number of carboxylic acids is 1. The summed E-state index contributed by atoms with van der Waals surface area (Å²) < 4.78 is 12.8. The van der Waals surface area contributed by atoms with Gasteiger partial charge in [0.15, 0.2) is 0 Å². The van der Waals surface area contributed by atoms with Crippen LogP contribution in [0.15, 0.2) is 23.1 Å². The number of halogens is 1. The van der Waals surface area contributed by atoms with Gasteiger partial charge in [0, 0.05) is 10.6 Å². The summed E-state index contributed by atoms with van der Waals surface area (Å²) in [6.45, 7) is 1.83. The van der Waals surface area contributed by atoms with Gasteiger partial charge in [-0.15, -0.1) is 0 Å². The Kier molecular flexibility index (Phi) is 3.35. The number of thioether (sulfide) groups is 1. The Morgan fingerprint density at radius 1 is 1.64 bits per heavy atom. The molecule has 0 saturated heterocycles. The minimum absolute atomic E-state index is 0.393. The summed E-state index contributed by atoms with van der Waals surface area (Å²) in [6.07, 6.45) is 0. The molecule has 5 heteroatoms. The molecule has 0 fully saturated rings. The van der Waals surface area contributed by atoms with E-state index in [0.29, 0.717) is 22.3 Å². The maximum absolute atomic E-state index is 12.8. The van der Waals surface area contributed by atoms with Crippen LogP contribution in [0.5, 0.6) is 0 Å². The van der Waals surface area contributed by atoms with E-state index in [2.05, 4.69) is 0 Å². The lowest BCUT2D eigenvalue weighted by atomic mass is 10.2. The second-order valence-corrected chi connectivity index (χ2v) is 3.90. The predicted molar refractivity (Wildman–Crippen MR) is 54.0 cm³/mol. The maximum atomic E-state index is 12.8. The minimum atomic E-state index is -1.97. The fourth-order valence-electron chi connectivity index (χ4n) is 0.906. The van der Waals surface area contributed by atoms with Gasteiger partial charge in [0.1, 0.15) is 0 Å². The number of anilines is 1. The van der Waals surface area contributed by atoms with Gasteiger partial charge in [-0.2, -0.15) is 0 Å². The third-order valence-corrected chi connectivity index (χ3v) is 2.61. The molecule has 0 aliphatic rings. The fourth-order valence-corrected chi connectivity index (χ4v) is 1.69. The van der Waals surface area contributed by atoms with Gasteiger partial charge in [0.25, 0.3) is 0 Å². The van der Waals surface area contributed by atoms with Gasteiger partial charge < -0.3 is 10.8 Å². The predicted octanol–water partition coefficient (Wildman–Crippen LogP) is 2.05. The summed E-state index contributed by atoms with van der Waals surface area (Å²) >= 11 is 0.601. The third kappa shape index (κ3) is 2.63. The summed E-state index contributed by atoms with van der Waals surface area (Å²) in [7, 11) is 0. The Morgan fingerprint density at radius 2 is 2.29 bits per heavy atom. The number of carboxylic acid groups (broad SMARTS) is 1. The molecule has 0 aliphatic carbocycles. The monoisotopic (exact) mass is 215 g/mol. The van der Waals surface area contributed by atoms with Crippen molar-refractivity contribution in [3.05, 3.63) is 23.8 Å². The topological polar surface area (TPSA) is 63.3 Å². The standard InChI is InChI=1S/C9H10FNO2S/c1-5-2-3-6(11)7(4-5)14-8(10)9(12)13/h2-4,8H,11H2,1H3,(H,12,13). The van der Waals surface area contributed by atoms with Crippen LogP contribution in [0.3, 0.4) is 0 Å². The quantitative estimate of drug-likeness (QED) is 0.598. The van der Waals surface area contributed by atoms with Gasteiger partial charge in [-0.1, -0.05) is 17.8 Å². The number of aryl methyl sites for hydroxylation is 1. The fraction of sp³-hybridized carbons (Fsp3) is 0.222. The zero-order valence-corrected chi connectivity index (χ0v) is 8.34. The van der Waals surface area contributed by atoms with Crippen LogP contribution in [0, 0.1) is 6.92 Å². The van der Waals surface area contributed by atoms with E-state index in [4.69, 9.17) is 10.8 Å². The second-order valence-electron chi connectivity index (χ2n) is 2.81. The molecular formula is C9H10FNO2S. The first kappa shape index (κ1) is 10.8. The van der Waals surface area contributed by atoms with Crippen LogP contribution in [0.2, 0.25) is 0 Å². The number of aliphatic carboxylic acids is 1. The molecule has 3 N–H and O–H groups in total. The summed E-state index contributed by atoms with van der Waals surface area (Å²) in [6, 6.07) is 5.08. The van der Waals surface area contributed by atoms with Crippen LogP contribution in [-0.2, 0) is 4.79 Å². The molecule has 76 valence electrons. The number of rotatable bonds is 3. The number of nitrogen functional groups attached to an aromatic ring is 1. The minimum Gasteiger partial charge on any atom is -0.478 e. The van der Waals surface area contributed by atoms with Gasteiger partial charge in [-0.05, 0) is 24.6 Å². The Labute approximate surface area is 85.1 Å². The van der Waals surface area contributed by atoms with E-state index in [0.717, 1.165) is 5.56 Å². The highest BCUT2D eigenvalue weighted by Crippen LogP contribution is 2.30. The molecule has 3 nitrogen and oxygen atoms in total. The maximum Gasteiger partial charge on any atom is 0.349 e. The van der Waals surface area contributed by atoms with E-state index in [1.54, 1.807) is 18.2 Å². The van der Waals surface area contributed by atoms with Crippen LogP contribution in [0.1, 0.15) is 5.56 Å². The lowest BCUT2D eigenvalue weighted by Gasteiger charge is -2.07. The Balaban J connectivity index is 2.85. The van der Waals surface area contributed by atoms with Crippen molar-refractivity contribution < 1.29 is 14.3 Å². The number of nitrogens with two attached hydrogens (primary N) is 1. The molecule has 1 aromatic rings. The van der Waals surface area contributed by atoms with E-state index in [-0.39, 0.29) is 0 Å². The molecule has 0 bridgehead atoms. The molecule has 14 heavy (non-hydrogen) atoms. The molecule has 0 spiro atoms.